The number of rotatable bonds is 1. The minimum absolute atomic E-state index is 0.0306. The molecule has 0 aromatic carbocycles. The van der Waals surface area contributed by atoms with Crippen molar-refractivity contribution in [2.45, 2.75) is 43.7 Å². The van der Waals surface area contributed by atoms with Crippen LogP contribution in [0.4, 0.5) is 4.79 Å². The van der Waals surface area contributed by atoms with Crippen molar-refractivity contribution in [1.29, 1.82) is 0 Å². The van der Waals surface area contributed by atoms with Crippen LogP contribution in [0, 0.1) is 5.92 Å². The second-order valence-electron chi connectivity index (χ2n) is 6.05. The lowest BCUT2D eigenvalue weighted by molar-refractivity contribution is -0.136. The van der Waals surface area contributed by atoms with E-state index < -0.39 is 11.6 Å². The molecule has 0 aromatic rings. The Morgan fingerprint density at radius 1 is 1.30 bits per heavy atom. The third-order valence-corrected chi connectivity index (χ3v) is 4.73. The molecule has 0 aromatic heterocycles. The first kappa shape index (κ1) is 13.4. The van der Waals surface area contributed by atoms with Crippen molar-refractivity contribution >= 4 is 17.8 Å². The molecular weight excluding hydrogens is 260 g/mol. The lowest BCUT2D eigenvalue weighted by atomic mass is 9.84. The van der Waals surface area contributed by atoms with Gasteiger partial charge < -0.3 is 16.0 Å². The number of amides is 4. The summed E-state index contributed by atoms with van der Waals surface area (Å²) in [6, 6.07) is -0.557. The molecule has 2 heterocycles. The first-order chi connectivity index (χ1) is 9.52. The number of nitrogens with one attached hydrogen (secondary N) is 2. The molecule has 1 saturated carbocycles. The van der Waals surface area contributed by atoms with E-state index in [9.17, 15) is 14.4 Å². The van der Waals surface area contributed by atoms with Gasteiger partial charge in [0.15, 0.2) is 0 Å². The highest BCUT2D eigenvalue weighted by atomic mass is 16.2. The minimum Gasteiger partial charge on any atom is -0.339 e. The summed E-state index contributed by atoms with van der Waals surface area (Å²) < 4.78 is 0. The van der Waals surface area contributed by atoms with Crippen LogP contribution in [0.15, 0.2) is 0 Å². The van der Waals surface area contributed by atoms with Crippen LogP contribution < -0.4 is 16.4 Å². The molecule has 1 spiro atoms. The summed E-state index contributed by atoms with van der Waals surface area (Å²) in [4.78, 5) is 37.4. The molecule has 2 aliphatic heterocycles. The Bertz CT molecular complexity index is 467. The Morgan fingerprint density at radius 2 is 2.05 bits per heavy atom. The molecule has 3 atom stereocenters. The Labute approximate surface area is 117 Å². The van der Waals surface area contributed by atoms with E-state index in [0.717, 1.165) is 25.7 Å². The standard InChI is InChI=1S/C13H20N4O3/c14-9-4-2-1-3-8(9)10(18)17-6-5-13(7-17)11(19)15-12(20)16-13/h8-9H,1-7,14H2,(H2,15,16,19,20). The zero-order valence-corrected chi connectivity index (χ0v) is 11.4. The zero-order chi connectivity index (χ0) is 14.3. The van der Waals surface area contributed by atoms with Gasteiger partial charge in [0.05, 0.1) is 12.5 Å². The number of carbonyl (C=O) groups is 3. The van der Waals surface area contributed by atoms with Gasteiger partial charge >= 0.3 is 6.03 Å². The largest absolute Gasteiger partial charge is 0.339 e. The van der Waals surface area contributed by atoms with E-state index in [2.05, 4.69) is 10.6 Å². The van der Waals surface area contributed by atoms with Gasteiger partial charge in [-0.1, -0.05) is 12.8 Å². The maximum absolute atomic E-state index is 12.5. The summed E-state index contributed by atoms with van der Waals surface area (Å²) in [6.07, 6.45) is 4.28. The predicted octanol–water partition coefficient (Wildman–Crippen LogP) is -0.686. The van der Waals surface area contributed by atoms with Gasteiger partial charge in [-0.25, -0.2) is 4.79 Å². The quantitative estimate of drug-likeness (QED) is 0.553. The van der Waals surface area contributed by atoms with Gasteiger partial charge in [0, 0.05) is 12.6 Å². The second kappa shape index (κ2) is 4.73. The van der Waals surface area contributed by atoms with E-state index in [1.807, 2.05) is 0 Å². The molecule has 0 radical (unpaired) electrons. The zero-order valence-electron chi connectivity index (χ0n) is 11.4. The molecule has 0 bridgehead atoms. The lowest BCUT2D eigenvalue weighted by Gasteiger charge is -2.31. The highest BCUT2D eigenvalue weighted by molar-refractivity contribution is 6.07. The van der Waals surface area contributed by atoms with Crippen LogP contribution in [0.5, 0.6) is 0 Å². The molecule has 1 aliphatic carbocycles. The van der Waals surface area contributed by atoms with Crippen LogP contribution in [-0.2, 0) is 9.59 Å². The first-order valence-corrected chi connectivity index (χ1v) is 7.20. The first-order valence-electron chi connectivity index (χ1n) is 7.20. The van der Waals surface area contributed by atoms with Crippen molar-refractivity contribution in [2.75, 3.05) is 13.1 Å². The van der Waals surface area contributed by atoms with E-state index in [1.54, 1.807) is 4.90 Å². The van der Waals surface area contributed by atoms with Gasteiger partial charge in [-0.2, -0.15) is 0 Å². The normalized spacial score (nSPS) is 37.1. The van der Waals surface area contributed by atoms with Gasteiger partial charge in [0.2, 0.25) is 5.91 Å². The minimum atomic E-state index is -0.925. The third-order valence-electron chi connectivity index (χ3n) is 4.73. The SMILES string of the molecule is NC1CCCCC1C(=O)N1CCC2(C1)NC(=O)NC2=O. The van der Waals surface area contributed by atoms with Gasteiger partial charge in [0.1, 0.15) is 5.54 Å². The van der Waals surface area contributed by atoms with E-state index in [4.69, 9.17) is 5.73 Å². The third kappa shape index (κ3) is 2.06. The number of carbonyl (C=O) groups excluding carboxylic acids is 3. The molecule has 7 nitrogen and oxygen atoms in total. The molecule has 3 fully saturated rings. The number of nitrogens with zero attached hydrogens (tertiary/aromatic N) is 1. The van der Waals surface area contributed by atoms with Gasteiger partial charge in [0.25, 0.3) is 5.91 Å². The van der Waals surface area contributed by atoms with Crippen LogP contribution >= 0.6 is 0 Å². The van der Waals surface area contributed by atoms with Crippen molar-refractivity contribution < 1.29 is 14.4 Å². The van der Waals surface area contributed by atoms with Crippen LogP contribution in [0.1, 0.15) is 32.1 Å². The van der Waals surface area contributed by atoms with Crippen LogP contribution in [0.2, 0.25) is 0 Å². The lowest BCUT2D eigenvalue weighted by Crippen LogP contribution is -2.51. The number of hydrogen-bond donors (Lipinski definition) is 3. The van der Waals surface area contributed by atoms with Gasteiger partial charge in [-0.3, -0.25) is 14.9 Å². The van der Waals surface area contributed by atoms with Gasteiger partial charge in [-0.05, 0) is 19.3 Å². The Balaban J connectivity index is 1.69. The summed E-state index contributed by atoms with van der Waals surface area (Å²) in [6.45, 7) is 0.752. The Kier molecular flexibility index (Phi) is 3.16. The van der Waals surface area contributed by atoms with Crippen molar-refractivity contribution in [2.24, 2.45) is 11.7 Å². The maximum atomic E-state index is 12.5. The Morgan fingerprint density at radius 3 is 2.70 bits per heavy atom. The van der Waals surface area contributed by atoms with E-state index >= 15 is 0 Å². The fourth-order valence-corrected chi connectivity index (χ4v) is 3.51. The predicted molar refractivity (Wildman–Crippen MR) is 70.5 cm³/mol. The summed E-state index contributed by atoms with van der Waals surface area (Å²) in [5.74, 6) is -0.437. The molecule has 110 valence electrons. The highest BCUT2D eigenvalue weighted by Crippen LogP contribution is 2.30. The monoisotopic (exact) mass is 280 g/mol. The van der Waals surface area contributed by atoms with E-state index in [1.165, 1.54) is 0 Å². The summed E-state index contributed by atoms with van der Waals surface area (Å²) in [5, 5.41) is 4.90. The van der Waals surface area contributed by atoms with Crippen LogP contribution in [0.25, 0.3) is 0 Å². The fourth-order valence-electron chi connectivity index (χ4n) is 3.51. The van der Waals surface area contributed by atoms with Crippen LogP contribution in [-0.4, -0.2) is 47.4 Å². The van der Waals surface area contributed by atoms with E-state index in [0.29, 0.717) is 13.0 Å². The maximum Gasteiger partial charge on any atom is 0.322 e. The smallest absolute Gasteiger partial charge is 0.322 e. The molecular formula is C13H20N4O3. The van der Waals surface area contributed by atoms with Gasteiger partial charge in [-0.15, -0.1) is 0 Å². The fraction of sp³-hybridized carbons (Fsp3) is 0.769. The molecule has 2 saturated heterocycles. The van der Waals surface area contributed by atoms with E-state index in [-0.39, 0.29) is 30.3 Å². The van der Waals surface area contributed by atoms with Crippen molar-refractivity contribution in [3.05, 3.63) is 0 Å². The number of likely N-dealkylation sites (tertiary alicyclic amines) is 1. The average molecular weight is 280 g/mol. The average Bonchev–Trinajstić information content (AvgIpc) is 2.95. The summed E-state index contributed by atoms with van der Waals surface area (Å²) in [7, 11) is 0. The molecule has 4 amide bonds. The molecule has 3 rings (SSSR count). The topological polar surface area (TPSA) is 105 Å². The number of hydrogen-bond acceptors (Lipinski definition) is 4. The van der Waals surface area contributed by atoms with Crippen molar-refractivity contribution in [3.8, 4) is 0 Å². The number of imide groups is 1. The number of urea groups is 1. The molecule has 4 N–H and O–H groups in total. The summed E-state index contributed by atoms with van der Waals surface area (Å²) in [5.41, 5.74) is 5.12. The molecule has 20 heavy (non-hydrogen) atoms. The second-order valence-corrected chi connectivity index (χ2v) is 6.05. The molecule has 3 unspecified atom stereocenters. The molecule has 3 aliphatic rings. The van der Waals surface area contributed by atoms with Crippen molar-refractivity contribution in [3.63, 3.8) is 0 Å². The molecule has 7 heteroatoms. The Hall–Kier alpha value is -1.63. The van der Waals surface area contributed by atoms with Crippen LogP contribution in [0.3, 0.4) is 0 Å². The highest BCUT2D eigenvalue weighted by Gasteiger charge is 2.52. The number of nitrogens with two attached hydrogens (primary N) is 1. The van der Waals surface area contributed by atoms with Crippen molar-refractivity contribution in [1.82, 2.24) is 15.5 Å². The summed E-state index contributed by atoms with van der Waals surface area (Å²) >= 11 is 0.